The van der Waals surface area contributed by atoms with E-state index in [1.165, 1.54) is 0 Å². The topological polar surface area (TPSA) is 67.8 Å². The van der Waals surface area contributed by atoms with Crippen molar-refractivity contribution in [1.29, 1.82) is 0 Å². The maximum Gasteiger partial charge on any atom is 0.416 e. The van der Waals surface area contributed by atoms with Crippen molar-refractivity contribution in [2.45, 2.75) is 50.6 Å². The number of hydrogen-bond acceptors (Lipinski definition) is 4. The number of hydrogen-bond donors (Lipinski definition) is 2. The van der Waals surface area contributed by atoms with Crippen LogP contribution < -0.4 is 5.32 Å². The van der Waals surface area contributed by atoms with E-state index in [0.717, 1.165) is 0 Å². The molecule has 1 unspecified atom stereocenters. The molecule has 1 aliphatic rings. The van der Waals surface area contributed by atoms with Gasteiger partial charge in [-0.2, -0.15) is 13.2 Å². The summed E-state index contributed by atoms with van der Waals surface area (Å²) < 4.78 is 47.7. The molecule has 1 heterocycles. The first-order valence-electron chi connectivity index (χ1n) is 5.80. The van der Waals surface area contributed by atoms with E-state index >= 15 is 0 Å². The maximum atomic E-state index is 12.6. The van der Waals surface area contributed by atoms with Crippen LogP contribution in [-0.2, 0) is 9.47 Å². The van der Waals surface area contributed by atoms with Crippen molar-refractivity contribution >= 4 is 6.09 Å². The SMILES string of the molecule is CC(C)(C)OC(=O)NC1([C@H](O)C(F)(F)F)CCOC1. The summed E-state index contributed by atoms with van der Waals surface area (Å²) in [4.78, 5) is 11.6. The molecule has 2 N–H and O–H groups in total. The Bertz CT molecular complexity index is 332. The molecule has 112 valence electrons. The van der Waals surface area contributed by atoms with Gasteiger partial charge in [0.05, 0.1) is 6.61 Å². The van der Waals surface area contributed by atoms with Gasteiger partial charge in [-0.25, -0.2) is 4.79 Å². The zero-order valence-electron chi connectivity index (χ0n) is 11.0. The summed E-state index contributed by atoms with van der Waals surface area (Å²) in [6.45, 7) is 4.38. The predicted octanol–water partition coefficient (Wildman–Crippen LogP) is 1.59. The van der Waals surface area contributed by atoms with E-state index in [1.807, 2.05) is 0 Å². The van der Waals surface area contributed by atoms with Crippen LogP contribution in [0.5, 0.6) is 0 Å². The molecular formula is C11H18F3NO4. The van der Waals surface area contributed by atoms with E-state index in [9.17, 15) is 23.1 Å². The highest BCUT2D eigenvalue weighted by molar-refractivity contribution is 5.69. The van der Waals surface area contributed by atoms with Gasteiger partial charge < -0.3 is 19.9 Å². The monoisotopic (exact) mass is 285 g/mol. The lowest BCUT2D eigenvalue weighted by Crippen LogP contribution is -2.62. The lowest BCUT2D eigenvalue weighted by Gasteiger charge is -2.35. The van der Waals surface area contributed by atoms with Crippen molar-refractivity contribution < 1.29 is 32.5 Å². The molecule has 0 spiro atoms. The average molecular weight is 285 g/mol. The molecule has 0 aliphatic carbocycles. The number of amides is 1. The highest BCUT2D eigenvalue weighted by Crippen LogP contribution is 2.33. The van der Waals surface area contributed by atoms with E-state index in [1.54, 1.807) is 20.8 Å². The van der Waals surface area contributed by atoms with Gasteiger partial charge in [-0.1, -0.05) is 0 Å². The van der Waals surface area contributed by atoms with E-state index in [-0.39, 0.29) is 13.0 Å². The molecule has 1 fully saturated rings. The number of aliphatic hydroxyl groups is 1. The number of nitrogens with one attached hydrogen (secondary N) is 1. The van der Waals surface area contributed by atoms with Crippen LogP contribution in [0.25, 0.3) is 0 Å². The van der Waals surface area contributed by atoms with Crippen molar-refractivity contribution in [1.82, 2.24) is 5.32 Å². The lowest BCUT2D eigenvalue weighted by atomic mass is 9.91. The molecule has 0 bridgehead atoms. The minimum absolute atomic E-state index is 0.0307. The van der Waals surface area contributed by atoms with Crippen molar-refractivity contribution in [3.8, 4) is 0 Å². The Hall–Kier alpha value is -1.02. The molecular weight excluding hydrogens is 267 g/mol. The van der Waals surface area contributed by atoms with Gasteiger partial charge >= 0.3 is 12.3 Å². The predicted molar refractivity (Wildman–Crippen MR) is 59.6 cm³/mol. The first-order valence-corrected chi connectivity index (χ1v) is 5.80. The fraction of sp³-hybridized carbons (Fsp3) is 0.909. The van der Waals surface area contributed by atoms with Crippen LogP contribution in [0.2, 0.25) is 0 Å². The summed E-state index contributed by atoms with van der Waals surface area (Å²) in [5.41, 5.74) is -2.73. The molecule has 1 rings (SSSR count). The van der Waals surface area contributed by atoms with Gasteiger partial charge in [-0.3, -0.25) is 0 Å². The van der Waals surface area contributed by atoms with Gasteiger partial charge in [0, 0.05) is 6.61 Å². The maximum absolute atomic E-state index is 12.6. The van der Waals surface area contributed by atoms with E-state index in [2.05, 4.69) is 5.32 Å². The van der Waals surface area contributed by atoms with Crippen LogP contribution in [0.1, 0.15) is 27.2 Å². The second-order valence-corrected chi connectivity index (χ2v) is 5.53. The largest absolute Gasteiger partial charge is 0.444 e. The van der Waals surface area contributed by atoms with Crippen molar-refractivity contribution in [3.05, 3.63) is 0 Å². The molecule has 1 amide bonds. The molecule has 0 saturated carbocycles. The van der Waals surface area contributed by atoms with Crippen molar-refractivity contribution in [2.24, 2.45) is 0 Å². The van der Waals surface area contributed by atoms with Crippen LogP contribution in [0.3, 0.4) is 0 Å². The van der Waals surface area contributed by atoms with Crippen molar-refractivity contribution in [3.63, 3.8) is 0 Å². The zero-order valence-corrected chi connectivity index (χ0v) is 11.0. The summed E-state index contributed by atoms with van der Waals surface area (Å²) >= 11 is 0. The second-order valence-electron chi connectivity index (χ2n) is 5.53. The Balaban J connectivity index is 2.81. The van der Waals surface area contributed by atoms with Crippen LogP contribution in [0, 0.1) is 0 Å². The number of rotatable bonds is 2. The Morgan fingerprint density at radius 3 is 2.37 bits per heavy atom. The number of aliphatic hydroxyl groups excluding tert-OH is 1. The van der Waals surface area contributed by atoms with Gasteiger partial charge in [0.15, 0.2) is 6.10 Å². The first-order chi connectivity index (χ1) is 8.46. The quantitative estimate of drug-likeness (QED) is 0.808. The zero-order chi connectivity index (χ0) is 14.9. The van der Waals surface area contributed by atoms with Gasteiger partial charge in [-0.05, 0) is 27.2 Å². The average Bonchev–Trinajstić information content (AvgIpc) is 2.61. The third-order valence-electron chi connectivity index (χ3n) is 2.64. The van der Waals surface area contributed by atoms with Gasteiger partial charge in [0.25, 0.3) is 0 Å². The normalized spacial score (nSPS) is 26.1. The fourth-order valence-electron chi connectivity index (χ4n) is 1.78. The van der Waals surface area contributed by atoms with Gasteiger partial charge in [-0.15, -0.1) is 0 Å². The van der Waals surface area contributed by atoms with Crippen LogP contribution in [0.15, 0.2) is 0 Å². The standard InChI is InChI=1S/C11H18F3NO4/c1-9(2,3)19-8(17)15-10(4-5-18-6-10)7(16)11(12,13)14/h7,16H,4-6H2,1-3H3,(H,15,17)/t7-,10?/m0/s1. The molecule has 2 atom stereocenters. The highest BCUT2D eigenvalue weighted by atomic mass is 19.4. The summed E-state index contributed by atoms with van der Waals surface area (Å²) in [5, 5.41) is 11.5. The second kappa shape index (κ2) is 5.16. The Morgan fingerprint density at radius 2 is 2.00 bits per heavy atom. The molecule has 0 radical (unpaired) electrons. The van der Waals surface area contributed by atoms with Crippen LogP contribution in [0.4, 0.5) is 18.0 Å². The number of ether oxygens (including phenoxy) is 2. The van der Waals surface area contributed by atoms with Gasteiger partial charge in [0.1, 0.15) is 11.1 Å². The third kappa shape index (κ3) is 4.24. The lowest BCUT2D eigenvalue weighted by molar-refractivity contribution is -0.226. The van der Waals surface area contributed by atoms with Gasteiger partial charge in [0.2, 0.25) is 0 Å². The summed E-state index contributed by atoms with van der Waals surface area (Å²) in [7, 11) is 0. The Morgan fingerprint density at radius 1 is 1.42 bits per heavy atom. The minimum atomic E-state index is -4.84. The molecule has 5 nitrogen and oxygen atoms in total. The molecule has 19 heavy (non-hydrogen) atoms. The molecule has 1 saturated heterocycles. The third-order valence-corrected chi connectivity index (χ3v) is 2.64. The Kier molecular flexibility index (Phi) is 4.36. The number of halogens is 3. The molecule has 1 aliphatic heterocycles. The summed E-state index contributed by atoms with van der Waals surface area (Å²) in [6, 6.07) is 0. The van der Waals surface area contributed by atoms with E-state index < -0.39 is 36.1 Å². The molecule has 8 heteroatoms. The number of alkyl carbamates (subject to hydrolysis) is 1. The number of carbonyl (C=O) groups is 1. The highest BCUT2D eigenvalue weighted by Gasteiger charge is 2.56. The van der Waals surface area contributed by atoms with E-state index in [0.29, 0.717) is 0 Å². The first kappa shape index (κ1) is 16.0. The summed E-state index contributed by atoms with van der Waals surface area (Å²) in [6.07, 6.45) is -8.69. The molecule has 0 aromatic rings. The summed E-state index contributed by atoms with van der Waals surface area (Å²) in [5.74, 6) is 0. The molecule has 0 aromatic heterocycles. The van der Waals surface area contributed by atoms with Crippen LogP contribution >= 0.6 is 0 Å². The number of carbonyl (C=O) groups excluding carboxylic acids is 1. The number of alkyl halides is 3. The van der Waals surface area contributed by atoms with E-state index in [4.69, 9.17) is 9.47 Å². The molecule has 0 aromatic carbocycles. The Labute approximate surface area is 109 Å². The fourth-order valence-corrected chi connectivity index (χ4v) is 1.78. The smallest absolute Gasteiger partial charge is 0.416 e. The van der Waals surface area contributed by atoms with Crippen molar-refractivity contribution in [2.75, 3.05) is 13.2 Å². The minimum Gasteiger partial charge on any atom is -0.444 e. The van der Waals surface area contributed by atoms with Crippen LogP contribution in [-0.4, -0.2) is 47.8 Å².